The van der Waals surface area contributed by atoms with Crippen molar-refractivity contribution in [2.45, 2.75) is 25.6 Å². The summed E-state index contributed by atoms with van der Waals surface area (Å²) >= 11 is 0. The predicted molar refractivity (Wildman–Crippen MR) is 41.5 cm³/mol. The molecular weight excluding hydrogens is 142 g/mol. The lowest BCUT2D eigenvalue weighted by atomic mass is 10.1. The van der Waals surface area contributed by atoms with Crippen LogP contribution in [0.4, 0.5) is 0 Å². The first kappa shape index (κ1) is 6.85. The van der Waals surface area contributed by atoms with E-state index in [2.05, 4.69) is 11.7 Å². The van der Waals surface area contributed by atoms with Gasteiger partial charge in [-0.3, -0.25) is 0 Å². The fourth-order valence-corrected chi connectivity index (χ4v) is 1.12. The molecule has 0 aromatic heterocycles. The largest absolute Gasteiger partial charge is 0.389 e. The molecule has 0 saturated carbocycles. The fourth-order valence-electron chi connectivity index (χ4n) is 1.12. The maximum Gasteiger partial charge on any atom is 0.161 e. The minimum atomic E-state index is 0.154. The van der Waals surface area contributed by atoms with Gasteiger partial charge in [0.25, 0.3) is 0 Å². The molecular formula is C8H11NO2. The maximum absolute atomic E-state index is 5.15. The van der Waals surface area contributed by atoms with Gasteiger partial charge in [0, 0.05) is 6.42 Å². The van der Waals surface area contributed by atoms with Gasteiger partial charge in [-0.1, -0.05) is 11.7 Å². The Morgan fingerprint density at radius 3 is 2.82 bits per heavy atom. The number of epoxide rings is 1. The van der Waals surface area contributed by atoms with E-state index in [9.17, 15) is 0 Å². The zero-order valence-corrected chi connectivity index (χ0v) is 6.54. The zero-order chi connectivity index (χ0) is 7.84. The van der Waals surface area contributed by atoms with Crippen molar-refractivity contribution >= 4 is 5.71 Å². The van der Waals surface area contributed by atoms with Gasteiger partial charge in [-0.2, -0.15) is 0 Å². The summed E-state index contributed by atoms with van der Waals surface area (Å²) in [7, 11) is 0. The number of oxime groups is 1. The molecule has 0 aliphatic carbocycles. The van der Waals surface area contributed by atoms with Crippen LogP contribution in [0.3, 0.4) is 0 Å². The van der Waals surface area contributed by atoms with Crippen LogP contribution in [0.25, 0.3) is 0 Å². The van der Waals surface area contributed by atoms with Crippen molar-refractivity contribution in [3.63, 3.8) is 0 Å². The van der Waals surface area contributed by atoms with Crippen LogP contribution in [0.15, 0.2) is 17.3 Å². The van der Waals surface area contributed by atoms with E-state index in [0.717, 1.165) is 24.3 Å². The minimum absolute atomic E-state index is 0.154. The van der Waals surface area contributed by atoms with Crippen molar-refractivity contribution in [3.05, 3.63) is 12.2 Å². The molecule has 1 fully saturated rings. The van der Waals surface area contributed by atoms with Gasteiger partial charge in [-0.05, 0) is 12.5 Å². The maximum atomic E-state index is 5.15. The molecule has 2 atom stereocenters. The van der Waals surface area contributed by atoms with Crippen LogP contribution < -0.4 is 0 Å². The van der Waals surface area contributed by atoms with Gasteiger partial charge in [0.1, 0.15) is 6.10 Å². The molecule has 2 aliphatic heterocycles. The van der Waals surface area contributed by atoms with Gasteiger partial charge in [-0.15, -0.1) is 0 Å². The Balaban J connectivity index is 1.93. The molecule has 0 radical (unpaired) electrons. The second kappa shape index (κ2) is 2.34. The van der Waals surface area contributed by atoms with Gasteiger partial charge in [0.15, 0.2) is 6.10 Å². The van der Waals surface area contributed by atoms with E-state index in [0.29, 0.717) is 0 Å². The molecule has 0 bridgehead atoms. The normalized spacial score (nSPS) is 34.5. The summed E-state index contributed by atoms with van der Waals surface area (Å²) in [5.41, 5.74) is 1.97. The van der Waals surface area contributed by atoms with E-state index in [-0.39, 0.29) is 12.2 Å². The van der Waals surface area contributed by atoms with Crippen molar-refractivity contribution in [1.29, 1.82) is 0 Å². The van der Waals surface area contributed by atoms with Crippen LogP contribution in [-0.2, 0) is 9.57 Å². The second-order valence-electron chi connectivity index (χ2n) is 3.04. The molecule has 0 amide bonds. The lowest BCUT2D eigenvalue weighted by Gasteiger charge is -2.01. The molecule has 0 N–H and O–H groups in total. The summed E-state index contributed by atoms with van der Waals surface area (Å²) in [5, 5.41) is 3.92. The van der Waals surface area contributed by atoms with Crippen LogP contribution in [0.1, 0.15) is 13.3 Å². The molecule has 2 heterocycles. The number of nitrogens with zero attached hydrogens (tertiary/aromatic N) is 1. The molecule has 0 unspecified atom stereocenters. The van der Waals surface area contributed by atoms with Gasteiger partial charge in [0.05, 0.1) is 12.3 Å². The van der Waals surface area contributed by atoms with Gasteiger partial charge < -0.3 is 9.57 Å². The monoisotopic (exact) mass is 153 g/mol. The molecule has 3 nitrogen and oxygen atoms in total. The van der Waals surface area contributed by atoms with E-state index in [1.54, 1.807) is 0 Å². The summed E-state index contributed by atoms with van der Waals surface area (Å²) in [5.74, 6) is 0. The number of hydrogen-bond donors (Lipinski definition) is 0. The molecule has 0 aromatic carbocycles. The lowest BCUT2D eigenvalue weighted by Crippen LogP contribution is -2.15. The summed E-state index contributed by atoms with van der Waals surface area (Å²) < 4.78 is 5.09. The molecule has 0 spiro atoms. The third-order valence-electron chi connectivity index (χ3n) is 1.96. The van der Waals surface area contributed by atoms with Crippen molar-refractivity contribution in [2.24, 2.45) is 5.16 Å². The minimum Gasteiger partial charge on any atom is -0.389 e. The lowest BCUT2D eigenvalue weighted by molar-refractivity contribution is 0.0627. The summed E-state index contributed by atoms with van der Waals surface area (Å²) in [6.45, 7) is 6.57. The standard InChI is InChI=1S/C8H11NO2/c1-5(2)6-3-7(11-9-6)8-4-10-8/h7-8H,1,3-4H2,2H3/t7-,8-/m1/s1. The van der Waals surface area contributed by atoms with Gasteiger partial charge in [0.2, 0.25) is 0 Å². The van der Waals surface area contributed by atoms with Crippen LogP contribution >= 0.6 is 0 Å². The number of hydrogen-bond acceptors (Lipinski definition) is 3. The molecule has 1 saturated heterocycles. The van der Waals surface area contributed by atoms with Crippen LogP contribution in [0, 0.1) is 0 Å². The van der Waals surface area contributed by atoms with E-state index in [1.807, 2.05) is 6.92 Å². The highest BCUT2D eigenvalue weighted by atomic mass is 16.7. The molecule has 2 aliphatic rings. The first-order valence-electron chi connectivity index (χ1n) is 3.77. The number of allylic oxidation sites excluding steroid dienone is 1. The highest BCUT2D eigenvalue weighted by Crippen LogP contribution is 2.25. The Morgan fingerprint density at radius 2 is 2.36 bits per heavy atom. The quantitative estimate of drug-likeness (QED) is 0.557. The predicted octanol–water partition coefficient (Wildman–Crippen LogP) is 1.11. The van der Waals surface area contributed by atoms with Crippen molar-refractivity contribution in [1.82, 2.24) is 0 Å². The Hall–Kier alpha value is -0.830. The second-order valence-corrected chi connectivity index (χ2v) is 3.04. The molecule has 11 heavy (non-hydrogen) atoms. The average molecular weight is 153 g/mol. The zero-order valence-electron chi connectivity index (χ0n) is 6.54. The summed E-state index contributed by atoms with van der Waals surface area (Å²) in [6, 6.07) is 0. The van der Waals surface area contributed by atoms with E-state index in [4.69, 9.17) is 9.57 Å². The van der Waals surface area contributed by atoms with Crippen molar-refractivity contribution in [2.75, 3.05) is 6.61 Å². The third kappa shape index (κ3) is 1.28. The Labute approximate surface area is 65.7 Å². The van der Waals surface area contributed by atoms with E-state index < -0.39 is 0 Å². The molecule has 0 aromatic rings. The Bertz CT molecular complexity index is 218. The number of rotatable bonds is 2. The molecule has 60 valence electrons. The van der Waals surface area contributed by atoms with Crippen LogP contribution in [0.5, 0.6) is 0 Å². The van der Waals surface area contributed by atoms with Gasteiger partial charge in [-0.25, -0.2) is 0 Å². The smallest absolute Gasteiger partial charge is 0.161 e. The van der Waals surface area contributed by atoms with Crippen LogP contribution in [0.2, 0.25) is 0 Å². The molecule has 2 rings (SSSR count). The first-order valence-corrected chi connectivity index (χ1v) is 3.77. The highest BCUT2D eigenvalue weighted by Gasteiger charge is 2.38. The topological polar surface area (TPSA) is 34.1 Å². The van der Waals surface area contributed by atoms with Crippen LogP contribution in [-0.4, -0.2) is 24.5 Å². The Morgan fingerprint density at radius 1 is 1.64 bits per heavy atom. The highest BCUT2D eigenvalue weighted by molar-refractivity contribution is 5.99. The Kier molecular flexibility index (Phi) is 1.46. The number of ether oxygens (including phenoxy) is 1. The SMILES string of the molecule is C=C(C)C1=NO[C@@H]([C@H]2CO2)C1. The van der Waals surface area contributed by atoms with Crippen molar-refractivity contribution < 1.29 is 9.57 Å². The fraction of sp³-hybridized carbons (Fsp3) is 0.625. The summed E-state index contributed by atoms with van der Waals surface area (Å²) in [6.07, 6.45) is 1.30. The average Bonchev–Trinajstić information content (AvgIpc) is 2.68. The van der Waals surface area contributed by atoms with Crippen molar-refractivity contribution in [3.8, 4) is 0 Å². The van der Waals surface area contributed by atoms with Gasteiger partial charge >= 0.3 is 0 Å². The van der Waals surface area contributed by atoms with E-state index in [1.165, 1.54) is 0 Å². The summed E-state index contributed by atoms with van der Waals surface area (Å²) in [4.78, 5) is 5.15. The van der Waals surface area contributed by atoms with E-state index >= 15 is 0 Å². The first-order chi connectivity index (χ1) is 5.27. The molecule has 3 heteroatoms. The third-order valence-corrected chi connectivity index (χ3v) is 1.96.